The maximum absolute atomic E-state index is 11.4. The number of methoxy groups -OCH3 is 1. The van der Waals surface area contributed by atoms with E-state index in [2.05, 4.69) is 9.84 Å². The number of carbonyl (C=O) groups excluding carboxylic acids is 3. The minimum Gasteiger partial charge on any atom is -0.463 e. The molecule has 1 aromatic heterocycles. The standard InChI is InChI=1S/C9H10N2O4.C2H6/c1-11-5-6(4-10-11)7(12)3-8(13)9(14)15-2;1-2/h4-5H,3H2,1-2H3;1-2H3. The second kappa shape index (κ2) is 7.32. The number of hydrogen-bond donors (Lipinski definition) is 0. The summed E-state index contributed by atoms with van der Waals surface area (Å²) < 4.78 is 5.63. The first-order valence-electron chi connectivity index (χ1n) is 5.17. The fraction of sp³-hybridized carbons (Fsp3) is 0.455. The molecule has 0 N–H and O–H groups in total. The topological polar surface area (TPSA) is 78.3 Å². The van der Waals surface area contributed by atoms with E-state index in [9.17, 15) is 14.4 Å². The van der Waals surface area contributed by atoms with Gasteiger partial charge in [0.1, 0.15) is 0 Å². The van der Waals surface area contributed by atoms with Crippen molar-refractivity contribution >= 4 is 17.5 Å². The van der Waals surface area contributed by atoms with Gasteiger partial charge in [0.15, 0.2) is 5.78 Å². The van der Waals surface area contributed by atoms with E-state index in [0.29, 0.717) is 5.56 Å². The molecule has 0 amide bonds. The van der Waals surface area contributed by atoms with Crippen molar-refractivity contribution in [3.63, 3.8) is 0 Å². The molecule has 0 unspecified atom stereocenters. The van der Waals surface area contributed by atoms with Gasteiger partial charge in [0.25, 0.3) is 0 Å². The van der Waals surface area contributed by atoms with Gasteiger partial charge < -0.3 is 4.74 Å². The summed E-state index contributed by atoms with van der Waals surface area (Å²) in [6, 6.07) is 0. The Morgan fingerprint density at radius 3 is 2.35 bits per heavy atom. The quantitative estimate of drug-likeness (QED) is 0.336. The van der Waals surface area contributed by atoms with Crippen LogP contribution in [0.1, 0.15) is 30.6 Å². The molecule has 6 nitrogen and oxygen atoms in total. The van der Waals surface area contributed by atoms with E-state index in [4.69, 9.17) is 0 Å². The van der Waals surface area contributed by atoms with Gasteiger partial charge in [0.2, 0.25) is 5.78 Å². The number of rotatable bonds is 4. The summed E-state index contributed by atoms with van der Waals surface area (Å²) in [6.07, 6.45) is 2.33. The van der Waals surface area contributed by atoms with Crippen LogP contribution < -0.4 is 0 Å². The van der Waals surface area contributed by atoms with Crippen LogP contribution in [0.25, 0.3) is 0 Å². The third-order valence-corrected chi connectivity index (χ3v) is 1.76. The smallest absolute Gasteiger partial charge is 0.374 e. The lowest BCUT2D eigenvalue weighted by molar-refractivity contribution is -0.151. The fourth-order valence-corrected chi connectivity index (χ4v) is 0.999. The number of ether oxygens (including phenoxy) is 1. The molecule has 0 saturated carbocycles. The van der Waals surface area contributed by atoms with E-state index in [-0.39, 0.29) is 0 Å². The number of ketones is 2. The molecule has 0 atom stereocenters. The molecule has 17 heavy (non-hydrogen) atoms. The lowest BCUT2D eigenvalue weighted by atomic mass is 10.1. The van der Waals surface area contributed by atoms with Crippen molar-refractivity contribution in [1.29, 1.82) is 0 Å². The molecule has 1 rings (SSSR count). The van der Waals surface area contributed by atoms with Gasteiger partial charge in [-0.05, 0) is 0 Å². The van der Waals surface area contributed by atoms with E-state index in [1.807, 2.05) is 13.8 Å². The summed E-state index contributed by atoms with van der Waals surface area (Å²) in [4.78, 5) is 33.2. The van der Waals surface area contributed by atoms with Gasteiger partial charge in [-0.2, -0.15) is 5.10 Å². The summed E-state index contributed by atoms with van der Waals surface area (Å²) in [7, 11) is 2.74. The van der Waals surface area contributed by atoms with Crippen LogP contribution in [-0.4, -0.2) is 34.4 Å². The van der Waals surface area contributed by atoms with Crippen LogP contribution in [0, 0.1) is 0 Å². The second-order valence-electron chi connectivity index (χ2n) is 2.92. The number of nitrogens with zero attached hydrogens (tertiary/aromatic N) is 2. The van der Waals surface area contributed by atoms with Crippen molar-refractivity contribution in [2.75, 3.05) is 7.11 Å². The largest absolute Gasteiger partial charge is 0.463 e. The molecule has 0 aliphatic heterocycles. The highest BCUT2D eigenvalue weighted by molar-refractivity contribution is 6.38. The van der Waals surface area contributed by atoms with Gasteiger partial charge in [-0.15, -0.1) is 0 Å². The SMILES string of the molecule is CC.COC(=O)C(=O)CC(=O)c1cnn(C)c1. The highest BCUT2D eigenvalue weighted by Gasteiger charge is 2.19. The molecule has 0 saturated heterocycles. The van der Waals surface area contributed by atoms with Crippen molar-refractivity contribution in [2.45, 2.75) is 20.3 Å². The minimum absolute atomic E-state index is 0.301. The van der Waals surface area contributed by atoms with Crippen LogP contribution >= 0.6 is 0 Å². The van der Waals surface area contributed by atoms with Gasteiger partial charge in [0, 0.05) is 13.2 Å². The Kier molecular flexibility index (Phi) is 6.47. The maximum atomic E-state index is 11.4. The molecule has 0 aliphatic rings. The molecule has 0 aliphatic carbocycles. The molecule has 94 valence electrons. The lowest BCUT2D eigenvalue weighted by Crippen LogP contribution is -2.19. The Bertz CT molecular complexity index is 409. The van der Waals surface area contributed by atoms with Crippen molar-refractivity contribution in [3.8, 4) is 0 Å². The van der Waals surface area contributed by atoms with Crippen LogP contribution in [0.15, 0.2) is 12.4 Å². The van der Waals surface area contributed by atoms with Crippen molar-refractivity contribution in [3.05, 3.63) is 18.0 Å². The Morgan fingerprint density at radius 1 is 1.35 bits per heavy atom. The van der Waals surface area contributed by atoms with Crippen LogP contribution in [0.3, 0.4) is 0 Å². The Hall–Kier alpha value is -1.98. The summed E-state index contributed by atoms with van der Waals surface area (Å²) in [6.45, 7) is 4.00. The third kappa shape index (κ3) is 4.58. The summed E-state index contributed by atoms with van der Waals surface area (Å²) in [5, 5.41) is 3.78. The van der Waals surface area contributed by atoms with Gasteiger partial charge in [-0.25, -0.2) is 4.79 Å². The van der Waals surface area contributed by atoms with E-state index in [1.165, 1.54) is 17.1 Å². The van der Waals surface area contributed by atoms with E-state index >= 15 is 0 Å². The average Bonchev–Trinajstić information content (AvgIpc) is 2.77. The minimum atomic E-state index is -1.01. The van der Waals surface area contributed by atoms with Crippen LogP contribution in [0.2, 0.25) is 0 Å². The molecule has 1 heterocycles. The first-order valence-corrected chi connectivity index (χ1v) is 5.17. The van der Waals surface area contributed by atoms with E-state index in [0.717, 1.165) is 7.11 Å². The third-order valence-electron chi connectivity index (χ3n) is 1.76. The zero-order chi connectivity index (χ0) is 13.4. The zero-order valence-corrected chi connectivity index (χ0v) is 10.4. The summed E-state index contributed by atoms with van der Waals surface area (Å²) >= 11 is 0. The number of carbonyl (C=O) groups is 3. The highest BCUT2D eigenvalue weighted by Crippen LogP contribution is 2.02. The van der Waals surface area contributed by atoms with E-state index in [1.54, 1.807) is 7.05 Å². The van der Waals surface area contributed by atoms with Crippen LogP contribution in [-0.2, 0) is 21.4 Å². The lowest BCUT2D eigenvalue weighted by Gasteiger charge is -1.96. The molecule has 0 fully saturated rings. The highest BCUT2D eigenvalue weighted by atomic mass is 16.5. The summed E-state index contributed by atoms with van der Waals surface area (Å²) in [5.74, 6) is -2.31. The maximum Gasteiger partial charge on any atom is 0.374 e. The molecule has 6 heteroatoms. The molecule has 1 aromatic rings. The van der Waals surface area contributed by atoms with Crippen LogP contribution in [0.4, 0.5) is 0 Å². The van der Waals surface area contributed by atoms with Gasteiger partial charge in [-0.3, -0.25) is 14.3 Å². The van der Waals surface area contributed by atoms with Gasteiger partial charge in [-0.1, -0.05) is 13.8 Å². The first kappa shape index (κ1) is 15.0. The molecule has 0 spiro atoms. The van der Waals surface area contributed by atoms with Gasteiger partial charge in [0.05, 0.1) is 25.3 Å². The number of esters is 1. The Balaban J connectivity index is 0.00000121. The number of hydrogen-bond acceptors (Lipinski definition) is 5. The predicted molar refractivity (Wildman–Crippen MR) is 60.5 cm³/mol. The average molecular weight is 240 g/mol. The van der Waals surface area contributed by atoms with Crippen molar-refractivity contribution in [1.82, 2.24) is 9.78 Å². The molecular formula is C11H16N2O4. The molecule has 0 bridgehead atoms. The normalized spacial score (nSPS) is 8.94. The molecule has 0 aromatic carbocycles. The molecule has 0 radical (unpaired) electrons. The fourth-order valence-electron chi connectivity index (χ4n) is 0.999. The Labute approximate surface area is 99.6 Å². The number of aromatic nitrogens is 2. The predicted octanol–water partition coefficient (Wildman–Crippen LogP) is 0.761. The Morgan fingerprint density at radius 2 is 1.94 bits per heavy atom. The number of Topliss-reactive ketones (excluding diaryl/α,β-unsaturated/α-hetero) is 2. The second-order valence-corrected chi connectivity index (χ2v) is 2.92. The summed E-state index contributed by atoms with van der Waals surface area (Å²) in [5.41, 5.74) is 0.301. The molecular weight excluding hydrogens is 224 g/mol. The number of aryl methyl sites for hydroxylation is 1. The first-order chi connectivity index (χ1) is 8.04. The van der Waals surface area contributed by atoms with E-state index < -0.39 is 24.0 Å². The monoisotopic (exact) mass is 240 g/mol. The van der Waals surface area contributed by atoms with Crippen molar-refractivity contribution in [2.24, 2.45) is 7.05 Å². The zero-order valence-electron chi connectivity index (χ0n) is 10.4. The van der Waals surface area contributed by atoms with Crippen LogP contribution in [0.5, 0.6) is 0 Å². The van der Waals surface area contributed by atoms with Crippen molar-refractivity contribution < 1.29 is 19.1 Å². The van der Waals surface area contributed by atoms with Gasteiger partial charge >= 0.3 is 5.97 Å².